The molecule has 2 aromatic heterocycles. The number of nitrogen functional groups attached to an aromatic ring is 1. The molecule has 1 aliphatic heterocycles. The van der Waals surface area contributed by atoms with Gasteiger partial charge in [-0.25, -0.2) is 9.50 Å². The van der Waals surface area contributed by atoms with Gasteiger partial charge in [0.2, 0.25) is 5.95 Å². The third kappa shape index (κ3) is 3.44. The molecule has 3 N–H and O–H groups in total. The predicted molar refractivity (Wildman–Crippen MR) is 89.7 cm³/mol. The van der Waals surface area contributed by atoms with Gasteiger partial charge in [-0.1, -0.05) is 24.9 Å². The molecule has 1 aliphatic carbocycles. The van der Waals surface area contributed by atoms with Gasteiger partial charge in [-0.05, 0) is 31.7 Å². The average molecular weight is 339 g/mol. The van der Waals surface area contributed by atoms with Crippen LogP contribution in [0.4, 0.5) is 5.95 Å². The molecule has 126 valence electrons. The Bertz CT molecular complexity index is 678. The number of aliphatic hydroxyl groups is 1. The zero-order valence-electron chi connectivity index (χ0n) is 13.3. The molecule has 6 nitrogen and oxygen atoms in total. The lowest BCUT2D eigenvalue weighted by Gasteiger charge is -2.37. The Morgan fingerprint density at radius 1 is 1.43 bits per heavy atom. The summed E-state index contributed by atoms with van der Waals surface area (Å²) in [6.45, 7) is 3.62. The van der Waals surface area contributed by atoms with E-state index in [-0.39, 0.29) is 17.5 Å². The molecule has 2 aliphatic rings. The van der Waals surface area contributed by atoms with Crippen molar-refractivity contribution in [3.8, 4) is 0 Å². The van der Waals surface area contributed by atoms with Crippen LogP contribution in [0.3, 0.4) is 0 Å². The first-order valence-electron chi connectivity index (χ1n) is 8.06. The van der Waals surface area contributed by atoms with E-state index < -0.39 is 0 Å². The molecule has 0 aromatic carbocycles. The molecule has 7 heteroatoms. The summed E-state index contributed by atoms with van der Waals surface area (Å²) in [6.07, 6.45) is 7.05. The minimum absolute atomic E-state index is 0.186. The Balaban J connectivity index is 0.000000188. The first-order valence-corrected chi connectivity index (χ1v) is 8.43. The van der Waals surface area contributed by atoms with Gasteiger partial charge in [0.1, 0.15) is 5.52 Å². The van der Waals surface area contributed by atoms with Crippen molar-refractivity contribution in [1.82, 2.24) is 14.6 Å². The van der Waals surface area contributed by atoms with Crippen LogP contribution in [0, 0.1) is 0 Å². The van der Waals surface area contributed by atoms with Crippen LogP contribution < -0.4 is 5.73 Å². The van der Waals surface area contributed by atoms with Gasteiger partial charge < -0.3 is 15.6 Å². The van der Waals surface area contributed by atoms with Gasteiger partial charge in [0.25, 0.3) is 0 Å². The van der Waals surface area contributed by atoms with Crippen molar-refractivity contribution < 1.29 is 9.84 Å². The zero-order chi connectivity index (χ0) is 16.4. The fourth-order valence-electron chi connectivity index (χ4n) is 3.08. The van der Waals surface area contributed by atoms with E-state index in [9.17, 15) is 0 Å². The highest BCUT2D eigenvalue weighted by Crippen LogP contribution is 2.44. The smallest absolute Gasteiger partial charge is 0.238 e. The second-order valence-corrected chi connectivity index (χ2v) is 6.98. The van der Waals surface area contributed by atoms with Crippen LogP contribution in [0.5, 0.6) is 0 Å². The Hall–Kier alpha value is -1.37. The fourth-order valence-corrected chi connectivity index (χ4v) is 3.31. The van der Waals surface area contributed by atoms with Crippen LogP contribution in [0.15, 0.2) is 12.3 Å². The lowest BCUT2D eigenvalue weighted by molar-refractivity contribution is -0.00535. The average Bonchev–Trinajstić information content (AvgIpc) is 2.83. The van der Waals surface area contributed by atoms with E-state index >= 15 is 0 Å². The van der Waals surface area contributed by atoms with Gasteiger partial charge in [0, 0.05) is 12.0 Å². The fraction of sp³-hybridized carbons (Fsp3) is 0.625. The number of anilines is 1. The third-order valence-electron chi connectivity index (χ3n) is 4.70. The van der Waals surface area contributed by atoms with E-state index in [0.717, 1.165) is 30.7 Å². The molecule has 0 spiro atoms. The monoisotopic (exact) mass is 338 g/mol. The maximum absolute atomic E-state index is 8.78. The lowest BCUT2D eigenvalue weighted by Crippen LogP contribution is -2.32. The number of ether oxygens (including phenoxy) is 1. The number of rotatable bonds is 1. The van der Waals surface area contributed by atoms with Gasteiger partial charge in [0.15, 0.2) is 0 Å². The molecule has 1 saturated carbocycles. The Labute approximate surface area is 140 Å². The third-order valence-corrected chi connectivity index (χ3v) is 5.00. The molecule has 23 heavy (non-hydrogen) atoms. The van der Waals surface area contributed by atoms with Crippen LogP contribution in [-0.4, -0.2) is 39.0 Å². The minimum Gasteiger partial charge on any atom is -0.391 e. The van der Waals surface area contributed by atoms with E-state index in [0.29, 0.717) is 11.6 Å². The molecule has 1 unspecified atom stereocenters. The van der Waals surface area contributed by atoms with Crippen molar-refractivity contribution in [1.29, 1.82) is 0 Å². The van der Waals surface area contributed by atoms with Crippen molar-refractivity contribution in [3.05, 3.63) is 23.0 Å². The summed E-state index contributed by atoms with van der Waals surface area (Å²) in [7, 11) is 0. The van der Waals surface area contributed by atoms with E-state index in [1.807, 2.05) is 10.6 Å². The highest BCUT2D eigenvalue weighted by Gasteiger charge is 2.36. The Kier molecular flexibility index (Phi) is 4.75. The summed E-state index contributed by atoms with van der Waals surface area (Å²) in [5.41, 5.74) is 7.79. The molecule has 4 rings (SSSR count). The molecule has 1 saturated heterocycles. The van der Waals surface area contributed by atoms with Gasteiger partial charge >= 0.3 is 0 Å². The number of hydrogen-bond donors (Lipinski definition) is 2. The molecular weight excluding hydrogens is 316 g/mol. The minimum atomic E-state index is -0.186. The number of halogens is 1. The topological polar surface area (TPSA) is 85.7 Å². The van der Waals surface area contributed by atoms with Crippen molar-refractivity contribution in [3.63, 3.8) is 0 Å². The molecule has 2 fully saturated rings. The van der Waals surface area contributed by atoms with Gasteiger partial charge in [0.05, 0.1) is 29.6 Å². The number of hydrogen-bond acceptors (Lipinski definition) is 5. The number of nitrogens with zero attached hydrogens (tertiary/aromatic N) is 3. The van der Waals surface area contributed by atoms with Crippen LogP contribution in [0.25, 0.3) is 5.52 Å². The van der Waals surface area contributed by atoms with Crippen LogP contribution in [-0.2, 0) is 10.2 Å². The molecule has 1 atom stereocenters. The second-order valence-electron chi connectivity index (χ2n) is 6.58. The lowest BCUT2D eigenvalue weighted by atomic mass is 9.68. The van der Waals surface area contributed by atoms with Gasteiger partial charge in [-0.2, -0.15) is 0 Å². The Morgan fingerprint density at radius 2 is 2.22 bits per heavy atom. The predicted octanol–water partition coefficient (Wildman–Crippen LogP) is 2.56. The SMILES string of the molecule is CC1(c2cc(Cl)c3cnc(N)nn23)CCC1.OC1CCCOC1. The summed E-state index contributed by atoms with van der Waals surface area (Å²) in [4.78, 5) is 3.97. The number of fused-ring (bicyclic) bond motifs is 1. The second kappa shape index (κ2) is 6.63. The standard InChI is InChI=1S/C11H13ClN4.C5H10O2/c1-11(3-2-4-11)9-5-7(12)8-6-14-10(13)15-16(8)9;6-5-2-1-3-7-4-5/h5-6H,2-4H2,1H3,(H2,13,15);5-6H,1-4H2. The highest BCUT2D eigenvalue weighted by molar-refractivity contribution is 6.34. The maximum atomic E-state index is 8.78. The maximum Gasteiger partial charge on any atom is 0.238 e. The van der Waals surface area contributed by atoms with Gasteiger partial charge in [-0.15, -0.1) is 5.10 Å². The van der Waals surface area contributed by atoms with Gasteiger partial charge in [-0.3, -0.25) is 0 Å². The quantitative estimate of drug-likeness (QED) is 0.834. The van der Waals surface area contributed by atoms with Crippen LogP contribution in [0.1, 0.15) is 44.7 Å². The summed E-state index contributed by atoms with van der Waals surface area (Å²) in [6, 6.07) is 1.99. The van der Waals surface area contributed by atoms with Crippen LogP contribution in [0.2, 0.25) is 5.02 Å². The number of nitrogens with two attached hydrogens (primary N) is 1. The van der Waals surface area contributed by atoms with E-state index in [1.54, 1.807) is 6.20 Å². The first-order chi connectivity index (χ1) is 11.0. The molecule has 0 bridgehead atoms. The van der Waals surface area contributed by atoms with E-state index in [2.05, 4.69) is 17.0 Å². The number of aromatic nitrogens is 3. The molecule has 2 aromatic rings. The first kappa shape index (κ1) is 16.5. The summed E-state index contributed by atoms with van der Waals surface area (Å²) >= 11 is 6.18. The summed E-state index contributed by atoms with van der Waals surface area (Å²) < 4.78 is 6.77. The normalized spacial score (nSPS) is 23.0. The summed E-state index contributed by atoms with van der Waals surface area (Å²) in [5, 5.41) is 13.7. The molecule has 0 radical (unpaired) electrons. The molecule has 0 amide bonds. The van der Waals surface area contributed by atoms with Crippen LogP contribution >= 0.6 is 11.6 Å². The van der Waals surface area contributed by atoms with E-state index in [4.69, 9.17) is 27.2 Å². The summed E-state index contributed by atoms with van der Waals surface area (Å²) in [5.74, 6) is 0.281. The van der Waals surface area contributed by atoms with Crippen molar-refractivity contribution in [2.24, 2.45) is 0 Å². The van der Waals surface area contributed by atoms with E-state index in [1.165, 1.54) is 19.3 Å². The Morgan fingerprint density at radius 3 is 2.74 bits per heavy atom. The zero-order valence-corrected chi connectivity index (χ0v) is 14.1. The molecular formula is C16H23ClN4O2. The van der Waals surface area contributed by atoms with Crippen molar-refractivity contribution in [2.45, 2.75) is 50.5 Å². The highest BCUT2D eigenvalue weighted by atomic mass is 35.5. The largest absolute Gasteiger partial charge is 0.391 e. The van der Waals surface area contributed by atoms with Crippen molar-refractivity contribution in [2.75, 3.05) is 18.9 Å². The van der Waals surface area contributed by atoms with Crippen molar-refractivity contribution >= 4 is 23.1 Å². The molecule has 3 heterocycles. The number of aliphatic hydroxyl groups excluding tert-OH is 1.